The third-order valence-electron chi connectivity index (χ3n) is 6.76. The number of nitrogens with zero attached hydrogens (tertiary/aromatic N) is 4. The minimum atomic E-state index is 0.312. The summed E-state index contributed by atoms with van der Waals surface area (Å²) < 4.78 is 2.36. The maximum Gasteiger partial charge on any atom is 0.222 e. The van der Waals surface area contributed by atoms with Crippen LogP contribution in [-0.4, -0.2) is 38.7 Å². The summed E-state index contributed by atoms with van der Waals surface area (Å²) in [7, 11) is 0. The van der Waals surface area contributed by atoms with Gasteiger partial charge < -0.3 is 9.47 Å². The van der Waals surface area contributed by atoms with Crippen molar-refractivity contribution in [3.8, 4) is 0 Å². The van der Waals surface area contributed by atoms with Crippen molar-refractivity contribution in [1.29, 1.82) is 0 Å². The summed E-state index contributed by atoms with van der Waals surface area (Å²) in [5.74, 6) is 3.01. The lowest BCUT2D eigenvalue weighted by Crippen LogP contribution is -2.43. The lowest BCUT2D eigenvalue weighted by molar-refractivity contribution is -0.133. The van der Waals surface area contributed by atoms with E-state index in [0.717, 1.165) is 57.0 Å². The third-order valence-corrected chi connectivity index (χ3v) is 6.76. The monoisotopic (exact) mass is 380 g/mol. The zero-order chi connectivity index (χ0) is 19.6. The van der Waals surface area contributed by atoms with E-state index < -0.39 is 0 Å². The van der Waals surface area contributed by atoms with Gasteiger partial charge in [-0.1, -0.05) is 44.2 Å². The van der Waals surface area contributed by atoms with Crippen LogP contribution in [0.3, 0.4) is 0 Å². The molecule has 5 nitrogen and oxygen atoms in total. The molecule has 150 valence electrons. The van der Waals surface area contributed by atoms with Gasteiger partial charge in [-0.2, -0.15) is 0 Å². The molecule has 1 saturated heterocycles. The number of likely N-dealkylation sites (tertiary alicyclic amines) is 1. The molecule has 1 amide bonds. The number of carbonyl (C=O) groups is 1. The topological polar surface area (TPSA) is 51.0 Å². The third kappa shape index (κ3) is 3.98. The molecule has 2 aromatic rings. The van der Waals surface area contributed by atoms with Gasteiger partial charge in [0.25, 0.3) is 0 Å². The highest BCUT2D eigenvalue weighted by Gasteiger charge is 2.37. The van der Waals surface area contributed by atoms with E-state index in [0.29, 0.717) is 23.7 Å². The van der Waals surface area contributed by atoms with Crippen molar-refractivity contribution in [2.75, 3.05) is 13.1 Å². The maximum atomic E-state index is 12.7. The molecule has 0 aliphatic carbocycles. The second-order valence-corrected chi connectivity index (χ2v) is 8.90. The fraction of sp³-hybridized carbons (Fsp3) is 0.609. The van der Waals surface area contributed by atoms with Crippen molar-refractivity contribution in [3.05, 3.63) is 47.5 Å². The van der Waals surface area contributed by atoms with Crippen molar-refractivity contribution in [3.63, 3.8) is 0 Å². The highest BCUT2D eigenvalue weighted by Crippen LogP contribution is 2.42. The number of amides is 1. The van der Waals surface area contributed by atoms with E-state index in [1.54, 1.807) is 0 Å². The number of rotatable bonds is 4. The lowest BCUT2D eigenvalue weighted by Gasteiger charge is -2.41. The van der Waals surface area contributed by atoms with Crippen LogP contribution in [0.15, 0.2) is 30.3 Å². The Morgan fingerprint density at radius 1 is 1.04 bits per heavy atom. The molecule has 0 saturated carbocycles. The zero-order valence-corrected chi connectivity index (χ0v) is 17.2. The Balaban J connectivity index is 1.32. The smallest absolute Gasteiger partial charge is 0.222 e. The predicted molar refractivity (Wildman–Crippen MR) is 110 cm³/mol. The number of piperidine rings is 1. The highest BCUT2D eigenvalue weighted by molar-refractivity contribution is 5.76. The predicted octanol–water partition coefficient (Wildman–Crippen LogP) is 3.98. The molecule has 1 aromatic heterocycles. The summed E-state index contributed by atoms with van der Waals surface area (Å²) in [4.78, 5) is 14.8. The molecule has 0 N–H and O–H groups in total. The number of aryl methyl sites for hydroxylation is 2. The second-order valence-electron chi connectivity index (χ2n) is 8.90. The van der Waals surface area contributed by atoms with E-state index in [-0.39, 0.29) is 0 Å². The Hall–Kier alpha value is -2.17. The van der Waals surface area contributed by atoms with E-state index in [1.165, 1.54) is 18.4 Å². The number of fused-ring (bicyclic) bond motifs is 1. The van der Waals surface area contributed by atoms with Crippen LogP contribution in [0.5, 0.6) is 0 Å². The number of carbonyl (C=O) groups excluding carboxylic acids is 1. The average Bonchev–Trinajstić information content (AvgIpc) is 3.06. The number of hydrogen-bond donors (Lipinski definition) is 0. The maximum absolute atomic E-state index is 12.7. The fourth-order valence-corrected chi connectivity index (χ4v) is 4.84. The number of benzene rings is 1. The van der Waals surface area contributed by atoms with Crippen molar-refractivity contribution in [2.45, 2.75) is 71.3 Å². The van der Waals surface area contributed by atoms with Gasteiger partial charge in [0.15, 0.2) is 0 Å². The second kappa shape index (κ2) is 8.06. The minimum Gasteiger partial charge on any atom is -0.343 e. The van der Waals surface area contributed by atoms with E-state index in [2.05, 4.69) is 45.6 Å². The first-order valence-electron chi connectivity index (χ1n) is 10.8. The SMILES string of the molecule is CC(C)c1nnc2n1CCC1(CC2)CCN(C(=O)CCc2ccccc2)CC1. The van der Waals surface area contributed by atoms with Crippen LogP contribution < -0.4 is 0 Å². The Labute approximate surface area is 168 Å². The fourth-order valence-electron chi connectivity index (χ4n) is 4.84. The first-order valence-corrected chi connectivity index (χ1v) is 10.8. The van der Waals surface area contributed by atoms with Crippen LogP contribution in [0.25, 0.3) is 0 Å². The standard InChI is InChI=1S/C23H32N4O/c1-18(2)22-25-24-20-10-11-23(14-17-27(20)22)12-15-26(16-13-23)21(28)9-8-19-6-4-3-5-7-19/h3-7,18H,8-17H2,1-2H3. The average molecular weight is 381 g/mol. The normalized spacial score (nSPS) is 18.9. The molecular formula is C23H32N4O. The van der Waals surface area contributed by atoms with E-state index in [9.17, 15) is 4.79 Å². The van der Waals surface area contributed by atoms with E-state index in [1.807, 2.05) is 18.2 Å². The molecule has 4 rings (SSSR count). The van der Waals surface area contributed by atoms with Crippen molar-refractivity contribution < 1.29 is 4.79 Å². The highest BCUT2D eigenvalue weighted by atomic mass is 16.2. The molecular weight excluding hydrogens is 348 g/mol. The number of aromatic nitrogens is 3. The summed E-state index contributed by atoms with van der Waals surface area (Å²) in [6.07, 6.45) is 7.09. The van der Waals surface area contributed by atoms with Crippen LogP contribution >= 0.6 is 0 Å². The van der Waals surface area contributed by atoms with Crippen LogP contribution in [0.1, 0.15) is 69.1 Å². The van der Waals surface area contributed by atoms with Crippen molar-refractivity contribution in [1.82, 2.24) is 19.7 Å². The van der Waals surface area contributed by atoms with Crippen LogP contribution in [0.2, 0.25) is 0 Å². The summed E-state index contributed by atoms with van der Waals surface area (Å²) in [5.41, 5.74) is 1.61. The molecule has 0 unspecified atom stereocenters. The molecule has 1 fully saturated rings. The molecule has 3 heterocycles. The Kier molecular flexibility index (Phi) is 5.51. The molecule has 1 aromatic carbocycles. The van der Waals surface area contributed by atoms with Gasteiger partial charge in [-0.25, -0.2) is 0 Å². The molecule has 0 atom stereocenters. The molecule has 5 heteroatoms. The zero-order valence-electron chi connectivity index (χ0n) is 17.2. The quantitative estimate of drug-likeness (QED) is 0.806. The largest absolute Gasteiger partial charge is 0.343 e. The van der Waals surface area contributed by atoms with Crippen LogP contribution in [-0.2, 0) is 24.2 Å². The van der Waals surface area contributed by atoms with E-state index in [4.69, 9.17) is 0 Å². The van der Waals surface area contributed by atoms with Crippen molar-refractivity contribution >= 4 is 5.91 Å². The summed E-state index contributed by atoms with van der Waals surface area (Å²) in [5, 5.41) is 8.87. The van der Waals surface area contributed by atoms with Gasteiger partial charge in [-0.3, -0.25) is 4.79 Å². The Bertz CT molecular complexity index is 803. The first kappa shape index (κ1) is 19.2. The minimum absolute atomic E-state index is 0.312. The van der Waals surface area contributed by atoms with Gasteiger partial charge >= 0.3 is 0 Å². The molecule has 0 bridgehead atoms. The van der Waals surface area contributed by atoms with Gasteiger partial charge in [-0.15, -0.1) is 10.2 Å². The number of hydrogen-bond acceptors (Lipinski definition) is 3. The van der Waals surface area contributed by atoms with Gasteiger partial charge in [0, 0.05) is 38.4 Å². The van der Waals surface area contributed by atoms with Gasteiger partial charge in [0.05, 0.1) is 0 Å². The van der Waals surface area contributed by atoms with Gasteiger partial charge in [0.2, 0.25) is 5.91 Å². The Morgan fingerprint density at radius 2 is 1.75 bits per heavy atom. The first-order chi connectivity index (χ1) is 13.6. The van der Waals surface area contributed by atoms with Crippen LogP contribution in [0.4, 0.5) is 0 Å². The molecule has 1 spiro atoms. The Morgan fingerprint density at radius 3 is 2.46 bits per heavy atom. The van der Waals surface area contributed by atoms with E-state index >= 15 is 0 Å². The molecule has 2 aliphatic heterocycles. The van der Waals surface area contributed by atoms with Gasteiger partial charge in [-0.05, 0) is 43.1 Å². The van der Waals surface area contributed by atoms with Crippen LogP contribution in [0, 0.1) is 5.41 Å². The molecule has 28 heavy (non-hydrogen) atoms. The summed E-state index contributed by atoms with van der Waals surface area (Å²) in [6, 6.07) is 10.3. The van der Waals surface area contributed by atoms with Gasteiger partial charge in [0.1, 0.15) is 11.6 Å². The van der Waals surface area contributed by atoms with Crippen molar-refractivity contribution in [2.24, 2.45) is 5.41 Å². The molecule has 0 radical (unpaired) electrons. The molecule has 2 aliphatic rings. The summed E-state index contributed by atoms with van der Waals surface area (Å²) >= 11 is 0. The lowest BCUT2D eigenvalue weighted by atomic mass is 9.72. The summed E-state index contributed by atoms with van der Waals surface area (Å²) in [6.45, 7) is 7.23.